The summed E-state index contributed by atoms with van der Waals surface area (Å²) in [4.78, 5) is 36.8. The lowest BCUT2D eigenvalue weighted by Crippen LogP contribution is -2.49. The van der Waals surface area contributed by atoms with E-state index >= 15 is 0 Å². The van der Waals surface area contributed by atoms with E-state index in [1.165, 1.54) is 18.2 Å². The molecular formula is C20H12F7NO4S2. The molecule has 1 unspecified atom stereocenters. The Kier molecular flexibility index (Phi) is 6.95. The number of aromatic carboxylic acids is 1. The van der Waals surface area contributed by atoms with Crippen molar-refractivity contribution in [3.8, 4) is 0 Å². The molecular weight excluding hydrogens is 515 g/mol. The highest BCUT2D eigenvalue weighted by Gasteiger charge is 2.73. The molecule has 182 valence electrons. The third kappa shape index (κ3) is 4.87. The van der Waals surface area contributed by atoms with Crippen LogP contribution in [-0.2, 0) is 9.59 Å². The predicted octanol–water partition coefficient (Wildman–Crippen LogP) is 5.69. The van der Waals surface area contributed by atoms with Crippen LogP contribution in [0.15, 0.2) is 58.3 Å². The smallest absolute Gasteiger partial charge is 0.460 e. The molecule has 1 aliphatic heterocycles. The number of amides is 2. The summed E-state index contributed by atoms with van der Waals surface area (Å²) in [7, 11) is 0. The van der Waals surface area contributed by atoms with Crippen LogP contribution < -0.4 is 4.90 Å². The van der Waals surface area contributed by atoms with Crippen molar-refractivity contribution in [2.24, 2.45) is 0 Å². The van der Waals surface area contributed by atoms with Crippen molar-refractivity contribution in [3.05, 3.63) is 54.1 Å². The van der Waals surface area contributed by atoms with E-state index in [4.69, 9.17) is 0 Å². The lowest BCUT2D eigenvalue weighted by molar-refractivity contribution is -0.330. The van der Waals surface area contributed by atoms with Gasteiger partial charge in [-0.1, -0.05) is 12.1 Å². The summed E-state index contributed by atoms with van der Waals surface area (Å²) in [6.45, 7) is 0. The Bertz CT molecular complexity index is 1120. The number of hydrogen-bond acceptors (Lipinski definition) is 5. The summed E-state index contributed by atoms with van der Waals surface area (Å²) in [5, 5.41) is 2.75. The molecule has 0 spiro atoms. The minimum atomic E-state index is -6.47. The zero-order chi connectivity index (χ0) is 25.5. The summed E-state index contributed by atoms with van der Waals surface area (Å²) < 4.78 is 90.2. The number of carbonyl (C=O) groups is 3. The summed E-state index contributed by atoms with van der Waals surface area (Å²) in [5.74, 6) is -8.95. The van der Waals surface area contributed by atoms with Gasteiger partial charge in [0.05, 0.1) is 16.5 Å². The summed E-state index contributed by atoms with van der Waals surface area (Å²) >= 11 is -0.166. The normalized spacial score (nSPS) is 17.4. The number of hydrogen-bond donors (Lipinski definition) is 1. The van der Waals surface area contributed by atoms with Crippen LogP contribution in [0.3, 0.4) is 0 Å². The topological polar surface area (TPSA) is 74.7 Å². The molecule has 1 heterocycles. The van der Waals surface area contributed by atoms with Crippen LogP contribution in [-0.4, -0.2) is 45.5 Å². The largest absolute Gasteiger partial charge is 0.478 e. The van der Waals surface area contributed by atoms with Gasteiger partial charge in [-0.15, -0.1) is 11.8 Å². The van der Waals surface area contributed by atoms with Crippen molar-refractivity contribution < 1.29 is 50.2 Å². The first-order chi connectivity index (χ1) is 15.7. The number of rotatable bonds is 7. The van der Waals surface area contributed by atoms with E-state index in [1.54, 1.807) is 6.07 Å². The molecule has 1 fully saturated rings. The second-order valence-electron chi connectivity index (χ2n) is 6.86. The number of carboxylic acids is 1. The van der Waals surface area contributed by atoms with E-state index in [1.807, 2.05) is 0 Å². The SMILES string of the molecule is O=C(O)c1ccccc1SC1CC(=O)N(c2ccc(SC(F)(F)C(F)(F)C(F)(F)F)cc2)C1=O. The number of nitrogens with zero attached hydrogens (tertiary/aromatic N) is 1. The molecule has 3 rings (SSSR count). The number of thioether (sulfide) groups is 2. The minimum absolute atomic E-state index is 0.0795. The first kappa shape index (κ1) is 25.9. The molecule has 14 heteroatoms. The Labute approximate surface area is 195 Å². The highest BCUT2D eigenvalue weighted by molar-refractivity contribution is 8.01. The maximum atomic E-state index is 13.6. The standard InChI is InChI=1S/C20H12F7NO4S2/c21-18(22,19(23,24)25)20(26,27)34-11-7-5-10(6-8-11)28-15(29)9-14(16(28)30)33-13-4-2-1-3-12(13)17(31)32/h1-8,14H,9H2,(H,31,32). The molecule has 2 amide bonds. The molecule has 34 heavy (non-hydrogen) atoms. The number of benzene rings is 2. The molecule has 0 radical (unpaired) electrons. The maximum absolute atomic E-state index is 13.6. The second kappa shape index (κ2) is 9.13. The fourth-order valence-corrected chi connectivity index (χ4v) is 4.90. The van der Waals surface area contributed by atoms with Crippen molar-refractivity contribution >= 4 is 47.0 Å². The molecule has 1 saturated heterocycles. The van der Waals surface area contributed by atoms with Gasteiger partial charge in [0.15, 0.2) is 0 Å². The van der Waals surface area contributed by atoms with Crippen LogP contribution in [0.25, 0.3) is 0 Å². The fraction of sp³-hybridized carbons (Fsp3) is 0.250. The molecule has 0 aromatic heterocycles. The number of alkyl halides is 7. The molecule has 0 aliphatic carbocycles. The Balaban J connectivity index is 1.77. The summed E-state index contributed by atoms with van der Waals surface area (Å²) in [5.41, 5.74) is -0.191. The van der Waals surface area contributed by atoms with Crippen LogP contribution in [0.4, 0.5) is 36.4 Å². The Morgan fingerprint density at radius 2 is 1.53 bits per heavy atom. The van der Waals surface area contributed by atoms with Gasteiger partial charge in [-0.05, 0) is 48.2 Å². The fourth-order valence-electron chi connectivity index (χ4n) is 2.91. The first-order valence-corrected chi connectivity index (χ1v) is 10.8. The van der Waals surface area contributed by atoms with Gasteiger partial charge in [-0.25, -0.2) is 9.69 Å². The quantitative estimate of drug-likeness (QED) is 0.283. The van der Waals surface area contributed by atoms with Crippen LogP contribution in [0.1, 0.15) is 16.8 Å². The van der Waals surface area contributed by atoms with E-state index in [-0.39, 0.29) is 22.6 Å². The van der Waals surface area contributed by atoms with Crippen LogP contribution >= 0.6 is 23.5 Å². The van der Waals surface area contributed by atoms with Gasteiger partial charge in [0.2, 0.25) is 11.8 Å². The van der Waals surface area contributed by atoms with Gasteiger partial charge in [-0.3, -0.25) is 9.59 Å². The third-order valence-electron chi connectivity index (χ3n) is 4.55. The number of halogens is 7. The van der Waals surface area contributed by atoms with Crippen molar-refractivity contribution in [2.45, 2.75) is 38.8 Å². The second-order valence-corrected chi connectivity index (χ2v) is 9.30. The average Bonchev–Trinajstić information content (AvgIpc) is 3.00. The Morgan fingerprint density at radius 3 is 2.09 bits per heavy atom. The number of carboxylic acid groups (broad SMARTS) is 1. The molecule has 1 aliphatic rings. The molecule has 5 nitrogen and oxygen atoms in total. The van der Waals surface area contributed by atoms with Gasteiger partial charge in [-0.2, -0.15) is 30.7 Å². The van der Waals surface area contributed by atoms with Crippen LogP contribution in [0, 0.1) is 0 Å². The number of anilines is 1. The molecule has 1 N–H and O–H groups in total. The van der Waals surface area contributed by atoms with E-state index < -0.39 is 57.0 Å². The van der Waals surface area contributed by atoms with Crippen molar-refractivity contribution in [1.29, 1.82) is 0 Å². The van der Waals surface area contributed by atoms with E-state index in [9.17, 15) is 50.2 Å². The van der Waals surface area contributed by atoms with Gasteiger partial charge in [0.1, 0.15) is 0 Å². The van der Waals surface area contributed by atoms with Crippen molar-refractivity contribution in [3.63, 3.8) is 0 Å². The molecule has 2 aromatic rings. The van der Waals surface area contributed by atoms with Crippen molar-refractivity contribution in [2.75, 3.05) is 4.90 Å². The van der Waals surface area contributed by atoms with Gasteiger partial charge in [0, 0.05) is 16.2 Å². The lowest BCUT2D eigenvalue weighted by atomic mass is 10.2. The van der Waals surface area contributed by atoms with E-state index in [0.29, 0.717) is 4.90 Å². The highest BCUT2D eigenvalue weighted by atomic mass is 32.2. The maximum Gasteiger partial charge on any atom is 0.460 e. The summed E-state index contributed by atoms with van der Waals surface area (Å²) in [6, 6.07) is 9.27. The summed E-state index contributed by atoms with van der Waals surface area (Å²) in [6.07, 6.45) is -6.77. The Morgan fingerprint density at radius 1 is 0.941 bits per heavy atom. The zero-order valence-electron chi connectivity index (χ0n) is 16.5. The van der Waals surface area contributed by atoms with Gasteiger partial charge < -0.3 is 5.11 Å². The van der Waals surface area contributed by atoms with Crippen LogP contribution in [0.2, 0.25) is 0 Å². The number of imide groups is 1. The molecule has 1 atom stereocenters. The molecule has 0 saturated carbocycles. The van der Waals surface area contributed by atoms with E-state index in [0.717, 1.165) is 36.0 Å². The predicted molar refractivity (Wildman–Crippen MR) is 108 cm³/mol. The lowest BCUT2D eigenvalue weighted by Gasteiger charge is -2.27. The Hall–Kier alpha value is -2.74. The zero-order valence-corrected chi connectivity index (χ0v) is 18.1. The average molecular weight is 527 g/mol. The van der Waals surface area contributed by atoms with Crippen LogP contribution in [0.5, 0.6) is 0 Å². The first-order valence-electron chi connectivity index (χ1n) is 9.13. The van der Waals surface area contributed by atoms with E-state index in [2.05, 4.69) is 0 Å². The third-order valence-corrected chi connectivity index (χ3v) is 6.84. The highest BCUT2D eigenvalue weighted by Crippen LogP contribution is 2.54. The van der Waals surface area contributed by atoms with Crippen molar-refractivity contribution in [1.82, 2.24) is 0 Å². The number of carbonyl (C=O) groups excluding carboxylic acids is 2. The molecule has 2 aromatic carbocycles. The van der Waals surface area contributed by atoms with Gasteiger partial charge >= 0.3 is 23.3 Å². The minimum Gasteiger partial charge on any atom is -0.478 e. The monoisotopic (exact) mass is 527 g/mol. The van der Waals surface area contributed by atoms with Gasteiger partial charge in [0.25, 0.3) is 0 Å². The molecule has 0 bridgehead atoms.